The quantitative estimate of drug-likeness (QED) is 0.792. The fourth-order valence-electron chi connectivity index (χ4n) is 1.64. The maximum Gasteiger partial charge on any atom is 0.244 e. The molecule has 2 aromatic rings. The number of aromatic nitrogens is 3. The lowest BCUT2D eigenvalue weighted by Gasteiger charge is -2.09. The van der Waals surface area contributed by atoms with Gasteiger partial charge in [-0.3, -0.25) is 4.98 Å². The van der Waals surface area contributed by atoms with E-state index in [0.717, 1.165) is 12.8 Å². The monoisotopic (exact) mass is 260 g/mol. The van der Waals surface area contributed by atoms with Crippen molar-refractivity contribution in [3.8, 4) is 11.8 Å². The van der Waals surface area contributed by atoms with E-state index in [1.807, 2.05) is 12.1 Å². The standard InChI is InChI=1S/C13H16N4O2/c1-18-12-11(14)13(17-9-16-12)19-8-2-3-10-4-6-15-7-5-10/h4-7,9H,2-3,8,14H2,1H3. The van der Waals surface area contributed by atoms with Gasteiger partial charge in [-0.2, -0.15) is 9.97 Å². The van der Waals surface area contributed by atoms with E-state index >= 15 is 0 Å². The smallest absolute Gasteiger partial charge is 0.244 e. The van der Waals surface area contributed by atoms with Crippen molar-refractivity contribution in [2.45, 2.75) is 12.8 Å². The summed E-state index contributed by atoms with van der Waals surface area (Å²) in [5.74, 6) is 0.695. The molecular weight excluding hydrogens is 244 g/mol. The first-order valence-corrected chi connectivity index (χ1v) is 5.97. The minimum Gasteiger partial charge on any atom is -0.479 e. The number of hydrogen-bond donors (Lipinski definition) is 1. The number of ether oxygens (including phenoxy) is 2. The van der Waals surface area contributed by atoms with Gasteiger partial charge in [0.25, 0.3) is 0 Å². The van der Waals surface area contributed by atoms with Crippen LogP contribution in [0.25, 0.3) is 0 Å². The zero-order valence-electron chi connectivity index (χ0n) is 10.7. The molecule has 2 aromatic heterocycles. The molecule has 0 saturated carbocycles. The van der Waals surface area contributed by atoms with E-state index in [9.17, 15) is 0 Å². The van der Waals surface area contributed by atoms with Gasteiger partial charge in [-0.25, -0.2) is 0 Å². The lowest BCUT2D eigenvalue weighted by atomic mass is 10.1. The van der Waals surface area contributed by atoms with Crippen LogP contribution in [0.3, 0.4) is 0 Å². The Kier molecular flexibility index (Phi) is 4.49. The van der Waals surface area contributed by atoms with Crippen LogP contribution in [0.5, 0.6) is 11.8 Å². The van der Waals surface area contributed by atoms with Crippen molar-refractivity contribution in [2.24, 2.45) is 0 Å². The van der Waals surface area contributed by atoms with Crippen LogP contribution < -0.4 is 15.2 Å². The summed E-state index contributed by atoms with van der Waals surface area (Å²) in [5.41, 5.74) is 7.36. The Morgan fingerprint density at radius 1 is 1.16 bits per heavy atom. The van der Waals surface area contributed by atoms with Crippen molar-refractivity contribution >= 4 is 5.69 Å². The molecule has 0 aliphatic heterocycles. The fraction of sp³-hybridized carbons (Fsp3) is 0.308. The summed E-state index contributed by atoms with van der Waals surface area (Å²) >= 11 is 0. The van der Waals surface area contributed by atoms with E-state index in [4.69, 9.17) is 15.2 Å². The summed E-state index contributed by atoms with van der Waals surface area (Å²) in [6, 6.07) is 3.98. The third-order valence-electron chi connectivity index (χ3n) is 2.60. The highest BCUT2D eigenvalue weighted by atomic mass is 16.5. The number of pyridine rings is 1. The maximum atomic E-state index is 5.80. The molecule has 19 heavy (non-hydrogen) atoms. The zero-order valence-corrected chi connectivity index (χ0v) is 10.7. The number of anilines is 1. The molecule has 0 unspecified atom stereocenters. The van der Waals surface area contributed by atoms with Gasteiger partial charge in [0.2, 0.25) is 11.8 Å². The minimum absolute atomic E-state index is 0.328. The average Bonchev–Trinajstić information content (AvgIpc) is 2.46. The largest absolute Gasteiger partial charge is 0.479 e. The second-order valence-electron chi connectivity index (χ2n) is 3.91. The molecule has 0 atom stereocenters. The van der Waals surface area contributed by atoms with E-state index < -0.39 is 0 Å². The van der Waals surface area contributed by atoms with Gasteiger partial charge < -0.3 is 15.2 Å². The van der Waals surface area contributed by atoms with E-state index in [-0.39, 0.29) is 0 Å². The molecule has 0 aromatic carbocycles. The molecule has 6 heteroatoms. The van der Waals surface area contributed by atoms with Gasteiger partial charge in [0, 0.05) is 12.4 Å². The summed E-state index contributed by atoms with van der Waals surface area (Å²) in [7, 11) is 1.51. The maximum absolute atomic E-state index is 5.80. The van der Waals surface area contributed by atoms with Gasteiger partial charge in [0.1, 0.15) is 6.33 Å². The van der Waals surface area contributed by atoms with Gasteiger partial charge in [-0.1, -0.05) is 0 Å². The second-order valence-corrected chi connectivity index (χ2v) is 3.91. The van der Waals surface area contributed by atoms with Crippen molar-refractivity contribution in [1.29, 1.82) is 0 Å². The molecule has 0 aliphatic rings. The molecule has 0 radical (unpaired) electrons. The molecule has 0 fully saturated rings. The van der Waals surface area contributed by atoms with Crippen molar-refractivity contribution in [1.82, 2.24) is 15.0 Å². The zero-order chi connectivity index (χ0) is 13.5. The number of nitrogens with zero attached hydrogens (tertiary/aromatic N) is 3. The van der Waals surface area contributed by atoms with Crippen molar-refractivity contribution < 1.29 is 9.47 Å². The highest BCUT2D eigenvalue weighted by Gasteiger charge is 2.08. The first-order chi connectivity index (χ1) is 9.31. The minimum atomic E-state index is 0.328. The topological polar surface area (TPSA) is 83.2 Å². The van der Waals surface area contributed by atoms with Crippen molar-refractivity contribution in [3.05, 3.63) is 36.4 Å². The fourth-order valence-corrected chi connectivity index (χ4v) is 1.64. The first kappa shape index (κ1) is 13.1. The molecule has 2 rings (SSSR count). The Morgan fingerprint density at radius 3 is 2.63 bits per heavy atom. The predicted octanol–water partition coefficient (Wildman–Crippen LogP) is 1.47. The molecule has 0 saturated heterocycles. The average molecular weight is 260 g/mol. The molecule has 100 valence electrons. The number of rotatable bonds is 6. The predicted molar refractivity (Wildman–Crippen MR) is 71.0 cm³/mol. The first-order valence-electron chi connectivity index (χ1n) is 5.97. The second kappa shape index (κ2) is 6.53. The summed E-state index contributed by atoms with van der Waals surface area (Å²) in [6.45, 7) is 0.534. The molecule has 0 amide bonds. The van der Waals surface area contributed by atoms with Crippen LogP contribution in [0.15, 0.2) is 30.9 Å². The summed E-state index contributed by atoms with van der Waals surface area (Å²) in [5, 5.41) is 0. The van der Waals surface area contributed by atoms with Crippen LogP contribution >= 0.6 is 0 Å². The van der Waals surface area contributed by atoms with E-state index in [1.54, 1.807) is 12.4 Å². The molecule has 0 aliphatic carbocycles. The van der Waals surface area contributed by atoms with E-state index in [2.05, 4.69) is 15.0 Å². The normalized spacial score (nSPS) is 10.2. The van der Waals surface area contributed by atoms with Gasteiger partial charge in [0.15, 0.2) is 5.69 Å². The number of nitrogens with two attached hydrogens (primary N) is 1. The van der Waals surface area contributed by atoms with E-state index in [1.165, 1.54) is 19.0 Å². The number of methoxy groups -OCH3 is 1. The lowest BCUT2D eigenvalue weighted by molar-refractivity contribution is 0.297. The van der Waals surface area contributed by atoms with Gasteiger partial charge >= 0.3 is 0 Å². The Morgan fingerprint density at radius 2 is 1.89 bits per heavy atom. The van der Waals surface area contributed by atoms with Crippen LogP contribution in [0.1, 0.15) is 12.0 Å². The Hall–Kier alpha value is -2.37. The number of aryl methyl sites for hydroxylation is 1. The van der Waals surface area contributed by atoms with Gasteiger partial charge in [0.05, 0.1) is 13.7 Å². The number of hydrogen-bond acceptors (Lipinski definition) is 6. The van der Waals surface area contributed by atoms with Crippen LogP contribution in [0, 0.1) is 0 Å². The Labute approximate surface area is 111 Å². The van der Waals surface area contributed by atoms with Crippen LogP contribution in [0.4, 0.5) is 5.69 Å². The Balaban J connectivity index is 1.83. The molecule has 6 nitrogen and oxygen atoms in total. The van der Waals surface area contributed by atoms with Crippen LogP contribution in [0.2, 0.25) is 0 Å². The number of nitrogen functional groups attached to an aromatic ring is 1. The van der Waals surface area contributed by atoms with Crippen molar-refractivity contribution in [3.63, 3.8) is 0 Å². The Bertz CT molecular complexity index is 519. The molecular formula is C13H16N4O2. The summed E-state index contributed by atoms with van der Waals surface area (Å²) in [6.07, 6.45) is 6.72. The van der Waals surface area contributed by atoms with Gasteiger partial charge in [-0.05, 0) is 30.5 Å². The molecule has 0 spiro atoms. The van der Waals surface area contributed by atoms with E-state index in [0.29, 0.717) is 24.1 Å². The SMILES string of the molecule is COc1ncnc(OCCCc2ccncc2)c1N. The summed E-state index contributed by atoms with van der Waals surface area (Å²) in [4.78, 5) is 11.8. The third kappa shape index (κ3) is 3.54. The summed E-state index contributed by atoms with van der Waals surface area (Å²) < 4.78 is 10.5. The molecule has 2 heterocycles. The van der Waals surface area contributed by atoms with Crippen LogP contribution in [-0.4, -0.2) is 28.7 Å². The van der Waals surface area contributed by atoms with Crippen LogP contribution in [-0.2, 0) is 6.42 Å². The highest BCUT2D eigenvalue weighted by Crippen LogP contribution is 2.25. The molecule has 2 N–H and O–H groups in total. The van der Waals surface area contributed by atoms with Crippen molar-refractivity contribution in [2.75, 3.05) is 19.5 Å². The van der Waals surface area contributed by atoms with Gasteiger partial charge in [-0.15, -0.1) is 0 Å². The molecule has 0 bridgehead atoms. The third-order valence-corrected chi connectivity index (χ3v) is 2.60. The highest BCUT2D eigenvalue weighted by molar-refractivity contribution is 5.55. The lowest BCUT2D eigenvalue weighted by Crippen LogP contribution is -2.05.